The molecule has 0 saturated heterocycles. The van der Waals surface area contributed by atoms with E-state index in [1.807, 2.05) is 42.5 Å². The van der Waals surface area contributed by atoms with E-state index >= 15 is 0 Å². The molecule has 0 saturated carbocycles. The molecule has 0 atom stereocenters. The average Bonchev–Trinajstić information content (AvgIpc) is 2.54. The number of fused-ring (bicyclic) bond motifs is 2. The summed E-state index contributed by atoms with van der Waals surface area (Å²) in [6.07, 6.45) is 3.92. The van der Waals surface area contributed by atoms with Crippen LogP contribution < -0.4 is 4.74 Å². The summed E-state index contributed by atoms with van der Waals surface area (Å²) in [7, 11) is 0. The molecular weight excluding hydrogens is 300 g/mol. The van der Waals surface area contributed by atoms with Crippen LogP contribution in [0.5, 0.6) is 11.5 Å². The Kier molecular flexibility index (Phi) is 3.90. The van der Waals surface area contributed by atoms with Crippen LogP contribution in [0.2, 0.25) is 0 Å². The Labute approximate surface area is 133 Å². The van der Waals surface area contributed by atoms with Gasteiger partial charge in [-0.25, -0.2) is 0 Å². The fraction of sp³-hybridized carbons (Fsp3) is 0.167. The number of halogens is 1. The van der Waals surface area contributed by atoms with Gasteiger partial charge in [-0.05, 0) is 18.6 Å². The van der Waals surface area contributed by atoms with Gasteiger partial charge in [0.1, 0.15) is 16.9 Å². The van der Waals surface area contributed by atoms with Crippen molar-refractivity contribution < 1.29 is 14.6 Å². The third kappa shape index (κ3) is 2.18. The predicted octanol–water partition coefficient (Wildman–Crippen LogP) is 4.35. The van der Waals surface area contributed by atoms with E-state index in [4.69, 9.17) is 16.3 Å². The maximum atomic E-state index is 12.3. The van der Waals surface area contributed by atoms with Crippen LogP contribution in [-0.4, -0.2) is 17.0 Å². The van der Waals surface area contributed by atoms with Crippen molar-refractivity contribution in [3.63, 3.8) is 0 Å². The van der Waals surface area contributed by atoms with Crippen LogP contribution in [0.15, 0.2) is 60.7 Å². The van der Waals surface area contributed by atoms with E-state index in [2.05, 4.69) is 0 Å². The molecule has 112 valence electrons. The quantitative estimate of drug-likeness (QED) is 0.674. The molecule has 1 aliphatic heterocycles. The van der Waals surface area contributed by atoms with Crippen LogP contribution in [-0.2, 0) is 10.2 Å². The van der Waals surface area contributed by atoms with Crippen LogP contribution in [0.4, 0.5) is 0 Å². The lowest BCUT2D eigenvalue weighted by atomic mass is 9.70. The van der Waals surface area contributed by atoms with Gasteiger partial charge in [0, 0.05) is 17.0 Å². The summed E-state index contributed by atoms with van der Waals surface area (Å²) < 4.78 is 5.88. The minimum atomic E-state index is -1.16. The molecule has 4 heteroatoms. The molecule has 2 aromatic rings. The standard InChI is InChI=1S/C18H15ClO3/c19-12-6-5-11-18(17(20)21)13-7-1-3-9-15(13)22-16-10-4-2-8-14(16)18/h1-10H,11-12H2,(H,20,21). The van der Waals surface area contributed by atoms with E-state index < -0.39 is 11.4 Å². The molecule has 0 radical (unpaired) electrons. The fourth-order valence-electron chi connectivity index (χ4n) is 2.94. The van der Waals surface area contributed by atoms with Gasteiger partial charge in [0.05, 0.1) is 0 Å². The topological polar surface area (TPSA) is 46.5 Å². The van der Waals surface area contributed by atoms with E-state index in [0.717, 1.165) is 0 Å². The maximum Gasteiger partial charge on any atom is 0.319 e. The lowest BCUT2D eigenvalue weighted by molar-refractivity contribution is -0.142. The Morgan fingerprint density at radius 3 is 2.09 bits per heavy atom. The SMILES string of the molecule is O=C(O)C1(CC=CCCl)c2ccccc2Oc2ccccc21. The van der Waals surface area contributed by atoms with Gasteiger partial charge >= 0.3 is 5.97 Å². The summed E-state index contributed by atoms with van der Waals surface area (Å²) in [5.74, 6) is 0.635. The minimum Gasteiger partial charge on any atom is -0.480 e. The first-order valence-electron chi connectivity index (χ1n) is 7.01. The van der Waals surface area contributed by atoms with Crippen molar-refractivity contribution in [2.45, 2.75) is 11.8 Å². The summed E-state index contributed by atoms with van der Waals surface area (Å²) in [6.45, 7) is 0. The molecule has 3 nitrogen and oxygen atoms in total. The van der Waals surface area contributed by atoms with Crippen molar-refractivity contribution in [3.8, 4) is 11.5 Å². The van der Waals surface area contributed by atoms with Crippen LogP contribution in [0, 0.1) is 0 Å². The number of benzene rings is 2. The number of carboxylic acid groups (broad SMARTS) is 1. The minimum absolute atomic E-state index is 0.326. The van der Waals surface area contributed by atoms with Crippen molar-refractivity contribution in [1.82, 2.24) is 0 Å². The zero-order valence-corrected chi connectivity index (χ0v) is 12.6. The van der Waals surface area contributed by atoms with E-state index in [1.54, 1.807) is 18.2 Å². The lowest BCUT2D eigenvalue weighted by Gasteiger charge is -2.36. The van der Waals surface area contributed by atoms with Crippen LogP contribution in [0.1, 0.15) is 17.5 Å². The number of carbonyl (C=O) groups is 1. The number of hydrogen-bond donors (Lipinski definition) is 1. The average molecular weight is 315 g/mol. The number of alkyl halides is 1. The molecule has 0 aliphatic carbocycles. The summed E-state index contributed by atoms with van der Waals surface area (Å²) in [6, 6.07) is 14.6. The second-order valence-electron chi connectivity index (χ2n) is 5.13. The molecule has 0 fully saturated rings. The van der Waals surface area contributed by atoms with Crippen molar-refractivity contribution in [2.24, 2.45) is 0 Å². The second kappa shape index (κ2) is 5.85. The monoisotopic (exact) mass is 314 g/mol. The van der Waals surface area contributed by atoms with E-state index in [1.165, 1.54) is 0 Å². The molecule has 1 heterocycles. The molecule has 0 aromatic heterocycles. The largest absolute Gasteiger partial charge is 0.480 e. The first-order valence-corrected chi connectivity index (χ1v) is 7.55. The zero-order valence-electron chi connectivity index (χ0n) is 11.8. The van der Waals surface area contributed by atoms with Gasteiger partial charge in [0.25, 0.3) is 0 Å². The Morgan fingerprint density at radius 1 is 1.05 bits per heavy atom. The highest BCUT2D eigenvalue weighted by Crippen LogP contribution is 2.50. The van der Waals surface area contributed by atoms with E-state index in [0.29, 0.717) is 34.9 Å². The molecule has 3 rings (SSSR count). The highest BCUT2D eigenvalue weighted by atomic mass is 35.5. The third-order valence-electron chi connectivity index (χ3n) is 3.96. The Bertz CT molecular complexity index is 691. The van der Waals surface area contributed by atoms with Crippen LogP contribution >= 0.6 is 11.6 Å². The highest BCUT2D eigenvalue weighted by molar-refractivity contribution is 6.18. The van der Waals surface area contributed by atoms with Crippen molar-refractivity contribution in [1.29, 1.82) is 0 Å². The van der Waals surface area contributed by atoms with Gasteiger partial charge in [0.15, 0.2) is 0 Å². The Hall–Kier alpha value is -2.26. The smallest absolute Gasteiger partial charge is 0.319 e. The normalized spacial score (nSPS) is 15.0. The summed E-state index contributed by atoms with van der Waals surface area (Å²) in [5.41, 5.74) is 0.175. The number of aliphatic carboxylic acids is 1. The Balaban J connectivity index is 2.26. The first-order chi connectivity index (χ1) is 10.7. The van der Waals surface area contributed by atoms with Gasteiger partial charge in [0.2, 0.25) is 0 Å². The van der Waals surface area contributed by atoms with Crippen LogP contribution in [0.3, 0.4) is 0 Å². The molecule has 0 amide bonds. The van der Waals surface area contributed by atoms with Gasteiger partial charge in [-0.3, -0.25) is 4.79 Å². The number of rotatable bonds is 4. The lowest BCUT2D eigenvalue weighted by Crippen LogP contribution is -2.39. The van der Waals surface area contributed by atoms with E-state index in [-0.39, 0.29) is 0 Å². The van der Waals surface area contributed by atoms with Gasteiger partial charge < -0.3 is 9.84 Å². The molecule has 0 bridgehead atoms. The number of para-hydroxylation sites is 2. The molecule has 1 aliphatic rings. The molecule has 22 heavy (non-hydrogen) atoms. The summed E-state index contributed by atoms with van der Waals surface area (Å²) in [5, 5.41) is 10.1. The summed E-state index contributed by atoms with van der Waals surface area (Å²) >= 11 is 5.69. The van der Waals surface area contributed by atoms with Crippen molar-refractivity contribution >= 4 is 17.6 Å². The molecule has 1 N–H and O–H groups in total. The highest BCUT2D eigenvalue weighted by Gasteiger charge is 2.47. The van der Waals surface area contributed by atoms with Crippen molar-refractivity contribution in [2.75, 3.05) is 5.88 Å². The molecule has 0 unspecified atom stereocenters. The Morgan fingerprint density at radius 2 is 1.59 bits per heavy atom. The van der Waals surface area contributed by atoms with Crippen molar-refractivity contribution in [3.05, 3.63) is 71.8 Å². The number of allylic oxidation sites excluding steroid dienone is 2. The number of carboxylic acids is 1. The second-order valence-corrected chi connectivity index (χ2v) is 5.44. The molecule has 0 spiro atoms. The van der Waals surface area contributed by atoms with Gasteiger partial charge in [-0.2, -0.15) is 0 Å². The number of ether oxygens (including phenoxy) is 1. The third-order valence-corrected chi connectivity index (χ3v) is 4.14. The van der Waals surface area contributed by atoms with E-state index in [9.17, 15) is 9.90 Å². The molecular formula is C18H15ClO3. The van der Waals surface area contributed by atoms with Gasteiger partial charge in [-0.15, -0.1) is 11.6 Å². The zero-order chi connectivity index (χ0) is 15.6. The fourth-order valence-corrected chi connectivity index (χ4v) is 3.07. The van der Waals surface area contributed by atoms with Gasteiger partial charge in [-0.1, -0.05) is 48.6 Å². The van der Waals surface area contributed by atoms with Crippen LogP contribution in [0.25, 0.3) is 0 Å². The summed E-state index contributed by atoms with van der Waals surface area (Å²) in [4.78, 5) is 12.3. The predicted molar refractivity (Wildman–Crippen MR) is 85.9 cm³/mol. The molecule has 2 aromatic carbocycles. The first kappa shape index (κ1) is 14.7. The number of hydrogen-bond acceptors (Lipinski definition) is 2. The maximum absolute atomic E-state index is 12.3.